The van der Waals surface area contributed by atoms with Crippen LogP contribution in [0, 0.1) is 6.92 Å². The third-order valence-corrected chi connectivity index (χ3v) is 2.02. The Bertz CT molecular complexity index is 373. The van der Waals surface area contributed by atoms with Crippen molar-refractivity contribution in [2.75, 3.05) is 6.61 Å². The minimum Gasteiger partial charge on any atom is -0.466 e. The van der Waals surface area contributed by atoms with Gasteiger partial charge in [-0.1, -0.05) is 0 Å². The topological polar surface area (TPSA) is 84.1 Å². The van der Waals surface area contributed by atoms with E-state index in [1.807, 2.05) is 6.92 Å². The number of amides is 1. The SMILES string of the molecule is CCOC(=O)CC(=O)NCc1cn[nH]c1C. The van der Waals surface area contributed by atoms with Crippen molar-refractivity contribution in [2.24, 2.45) is 0 Å². The van der Waals surface area contributed by atoms with Crippen molar-refractivity contribution in [2.45, 2.75) is 26.8 Å². The molecule has 1 amide bonds. The van der Waals surface area contributed by atoms with Gasteiger partial charge in [0.25, 0.3) is 0 Å². The first-order chi connectivity index (χ1) is 7.63. The Morgan fingerprint density at radius 3 is 2.88 bits per heavy atom. The highest BCUT2D eigenvalue weighted by molar-refractivity contribution is 5.94. The second-order valence-corrected chi connectivity index (χ2v) is 3.28. The lowest BCUT2D eigenvalue weighted by Crippen LogP contribution is -2.26. The number of rotatable bonds is 5. The number of ether oxygens (including phenoxy) is 1. The summed E-state index contributed by atoms with van der Waals surface area (Å²) in [4.78, 5) is 22.3. The summed E-state index contributed by atoms with van der Waals surface area (Å²) in [7, 11) is 0. The van der Waals surface area contributed by atoms with Gasteiger partial charge >= 0.3 is 5.97 Å². The van der Waals surface area contributed by atoms with Crippen LogP contribution < -0.4 is 5.32 Å². The molecule has 0 saturated carbocycles. The standard InChI is InChI=1S/C10H15N3O3/c1-3-16-10(15)4-9(14)11-5-8-6-12-13-7(8)2/h6H,3-5H2,1-2H3,(H,11,14)(H,12,13). The zero-order valence-electron chi connectivity index (χ0n) is 9.37. The molecule has 0 aliphatic heterocycles. The Kier molecular flexibility index (Phi) is 4.50. The third-order valence-electron chi connectivity index (χ3n) is 2.02. The predicted octanol–water partition coefficient (Wildman–Crippen LogP) is 0.288. The number of aromatic amines is 1. The fourth-order valence-corrected chi connectivity index (χ4v) is 1.15. The smallest absolute Gasteiger partial charge is 0.315 e. The third kappa shape index (κ3) is 3.72. The molecule has 0 unspecified atom stereocenters. The monoisotopic (exact) mass is 225 g/mol. The van der Waals surface area contributed by atoms with E-state index in [0.29, 0.717) is 6.54 Å². The number of carbonyl (C=O) groups excluding carboxylic acids is 2. The fourth-order valence-electron chi connectivity index (χ4n) is 1.15. The Labute approximate surface area is 93.4 Å². The number of nitrogens with zero attached hydrogens (tertiary/aromatic N) is 1. The van der Waals surface area contributed by atoms with E-state index in [1.165, 1.54) is 0 Å². The number of aromatic nitrogens is 2. The Morgan fingerprint density at radius 1 is 1.56 bits per heavy atom. The summed E-state index contributed by atoms with van der Waals surface area (Å²) < 4.78 is 4.66. The van der Waals surface area contributed by atoms with E-state index < -0.39 is 5.97 Å². The first-order valence-corrected chi connectivity index (χ1v) is 5.04. The van der Waals surface area contributed by atoms with Crippen molar-refractivity contribution >= 4 is 11.9 Å². The average Bonchev–Trinajstić information content (AvgIpc) is 2.61. The lowest BCUT2D eigenvalue weighted by molar-refractivity contribution is -0.145. The first kappa shape index (κ1) is 12.2. The van der Waals surface area contributed by atoms with Crippen molar-refractivity contribution < 1.29 is 14.3 Å². The maximum Gasteiger partial charge on any atom is 0.315 e. The average molecular weight is 225 g/mol. The van der Waals surface area contributed by atoms with Crippen LogP contribution in [0.1, 0.15) is 24.6 Å². The molecule has 1 aromatic rings. The molecule has 88 valence electrons. The minimum atomic E-state index is -0.510. The van der Waals surface area contributed by atoms with Gasteiger partial charge in [-0.2, -0.15) is 5.10 Å². The second kappa shape index (κ2) is 5.89. The molecule has 0 aliphatic rings. The van der Waals surface area contributed by atoms with E-state index in [-0.39, 0.29) is 18.9 Å². The van der Waals surface area contributed by atoms with E-state index in [1.54, 1.807) is 13.1 Å². The van der Waals surface area contributed by atoms with Gasteiger partial charge in [0.1, 0.15) is 6.42 Å². The molecule has 16 heavy (non-hydrogen) atoms. The molecule has 1 rings (SSSR count). The molecule has 1 heterocycles. The maximum absolute atomic E-state index is 11.3. The molecule has 0 fully saturated rings. The molecule has 0 bridgehead atoms. The van der Waals surface area contributed by atoms with Gasteiger partial charge < -0.3 is 10.1 Å². The van der Waals surface area contributed by atoms with Crippen LogP contribution in [-0.4, -0.2) is 28.7 Å². The Morgan fingerprint density at radius 2 is 2.31 bits per heavy atom. The highest BCUT2D eigenvalue weighted by atomic mass is 16.5. The van der Waals surface area contributed by atoms with E-state index in [2.05, 4.69) is 20.3 Å². The molecule has 0 saturated heterocycles. The quantitative estimate of drug-likeness (QED) is 0.557. The lowest BCUT2D eigenvalue weighted by atomic mass is 10.2. The van der Waals surface area contributed by atoms with Crippen molar-refractivity contribution in [3.8, 4) is 0 Å². The van der Waals surface area contributed by atoms with Gasteiger partial charge in [0, 0.05) is 17.8 Å². The Hall–Kier alpha value is -1.85. The van der Waals surface area contributed by atoms with Crippen LogP contribution >= 0.6 is 0 Å². The lowest BCUT2D eigenvalue weighted by Gasteiger charge is -2.04. The van der Waals surface area contributed by atoms with E-state index in [9.17, 15) is 9.59 Å². The van der Waals surface area contributed by atoms with Crippen LogP contribution in [0.15, 0.2) is 6.20 Å². The summed E-state index contributed by atoms with van der Waals surface area (Å²) in [6, 6.07) is 0. The van der Waals surface area contributed by atoms with Crippen molar-refractivity contribution in [1.29, 1.82) is 0 Å². The molecule has 6 nitrogen and oxygen atoms in total. The summed E-state index contributed by atoms with van der Waals surface area (Å²) in [5.41, 5.74) is 1.80. The van der Waals surface area contributed by atoms with Gasteiger partial charge in [-0.15, -0.1) is 0 Å². The summed E-state index contributed by atoms with van der Waals surface area (Å²) in [6.07, 6.45) is 1.39. The molecule has 0 spiro atoms. The number of hydrogen-bond acceptors (Lipinski definition) is 4. The summed E-state index contributed by atoms with van der Waals surface area (Å²) in [5.74, 6) is -0.858. The predicted molar refractivity (Wildman–Crippen MR) is 56.4 cm³/mol. The van der Waals surface area contributed by atoms with Gasteiger partial charge in [-0.25, -0.2) is 0 Å². The summed E-state index contributed by atoms with van der Waals surface area (Å²) in [6.45, 7) is 4.21. The van der Waals surface area contributed by atoms with Crippen LogP contribution in [-0.2, 0) is 20.9 Å². The normalized spacial score (nSPS) is 9.88. The van der Waals surface area contributed by atoms with Crippen LogP contribution in [0.4, 0.5) is 0 Å². The van der Waals surface area contributed by atoms with Gasteiger partial charge in [0.2, 0.25) is 5.91 Å². The van der Waals surface area contributed by atoms with Crippen molar-refractivity contribution in [3.63, 3.8) is 0 Å². The number of nitrogens with one attached hydrogen (secondary N) is 2. The minimum absolute atomic E-state index is 0.245. The zero-order chi connectivity index (χ0) is 12.0. The molecule has 0 aromatic carbocycles. The molecule has 0 aliphatic carbocycles. The van der Waals surface area contributed by atoms with Crippen LogP contribution in [0.2, 0.25) is 0 Å². The van der Waals surface area contributed by atoms with Gasteiger partial charge in [-0.05, 0) is 13.8 Å². The number of H-pyrrole nitrogens is 1. The molecule has 2 N–H and O–H groups in total. The highest BCUT2D eigenvalue weighted by Crippen LogP contribution is 2.01. The number of aryl methyl sites for hydroxylation is 1. The van der Waals surface area contributed by atoms with Crippen LogP contribution in [0.3, 0.4) is 0 Å². The molecule has 0 atom stereocenters. The molecular weight excluding hydrogens is 210 g/mol. The maximum atomic E-state index is 11.3. The number of esters is 1. The summed E-state index contributed by atoms with van der Waals surface area (Å²) >= 11 is 0. The zero-order valence-corrected chi connectivity index (χ0v) is 9.37. The molecule has 1 aromatic heterocycles. The molecule has 0 radical (unpaired) electrons. The molecular formula is C10H15N3O3. The number of carbonyl (C=O) groups is 2. The van der Waals surface area contributed by atoms with Crippen molar-refractivity contribution in [3.05, 3.63) is 17.5 Å². The Balaban J connectivity index is 2.31. The van der Waals surface area contributed by atoms with Crippen molar-refractivity contribution in [1.82, 2.24) is 15.5 Å². The fraction of sp³-hybridized carbons (Fsp3) is 0.500. The number of hydrogen-bond donors (Lipinski definition) is 2. The van der Waals surface area contributed by atoms with Gasteiger partial charge in [0.15, 0.2) is 0 Å². The van der Waals surface area contributed by atoms with E-state index in [4.69, 9.17) is 0 Å². The van der Waals surface area contributed by atoms with Crippen LogP contribution in [0.5, 0.6) is 0 Å². The first-order valence-electron chi connectivity index (χ1n) is 5.04. The van der Waals surface area contributed by atoms with Crippen LogP contribution in [0.25, 0.3) is 0 Å². The highest BCUT2D eigenvalue weighted by Gasteiger charge is 2.10. The summed E-state index contributed by atoms with van der Waals surface area (Å²) in [5, 5.41) is 9.20. The van der Waals surface area contributed by atoms with E-state index >= 15 is 0 Å². The molecule has 6 heteroatoms. The van der Waals surface area contributed by atoms with Gasteiger partial charge in [0.05, 0.1) is 12.8 Å². The second-order valence-electron chi connectivity index (χ2n) is 3.28. The van der Waals surface area contributed by atoms with Gasteiger partial charge in [-0.3, -0.25) is 14.7 Å². The largest absolute Gasteiger partial charge is 0.466 e. The van der Waals surface area contributed by atoms with E-state index in [0.717, 1.165) is 11.3 Å².